The molecular weight excluding hydrogens is 222 g/mol. The SMILES string of the molecule is CC1(CNC(=O)C2(O)CCSCC2)CCC1. The summed E-state index contributed by atoms with van der Waals surface area (Å²) in [5.41, 5.74) is -0.805. The van der Waals surface area contributed by atoms with Crippen LogP contribution in [0.3, 0.4) is 0 Å². The smallest absolute Gasteiger partial charge is 0.252 e. The van der Waals surface area contributed by atoms with Crippen LogP contribution in [0.5, 0.6) is 0 Å². The van der Waals surface area contributed by atoms with Gasteiger partial charge >= 0.3 is 0 Å². The largest absolute Gasteiger partial charge is 0.380 e. The van der Waals surface area contributed by atoms with E-state index in [1.165, 1.54) is 19.3 Å². The van der Waals surface area contributed by atoms with E-state index >= 15 is 0 Å². The quantitative estimate of drug-likeness (QED) is 0.790. The Kier molecular flexibility index (Phi) is 3.50. The molecule has 0 radical (unpaired) electrons. The maximum Gasteiger partial charge on any atom is 0.252 e. The lowest BCUT2D eigenvalue weighted by atomic mass is 9.70. The molecule has 0 spiro atoms. The van der Waals surface area contributed by atoms with Gasteiger partial charge in [-0.1, -0.05) is 13.3 Å². The van der Waals surface area contributed by atoms with Crippen LogP contribution in [-0.2, 0) is 4.79 Å². The van der Waals surface area contributed by atoms with Crippen LogP contribution in [0.25, 0.3) is 0 Å². The summed E-state index contributed by atoms with van der Waals surface area (Å²) in [5, 5.41) is 13.1. The summed E-state index contributed by atoms with van der Waals surface area (Å²) in [7, 11) is 0. The zero-order valence-corrected chi connectivity index (χ0v) is 10.7. The van der Waals surface area contributed by atoms with Crippen LogP contribution >= 0.6 is 11.8 Å². The maximum absolute atomic E-state index is 11.9. The first-order chi connectivity index (χ1) is 7.54. The van der Waals surface area contributed by atoms with Gasteiger partial charge in [0, 0.05) is 6.54 Å². The third-order valence-electron chi connectivity index (χ3n) is 3.98. The third kappa shape index (κ3) is 2.54. The van der Waals surface area contributed by atoms with Crippen molar-refractivity contribution in [2.75, 3.05) is 18.1 Å². The molecule has 1 saturated heterocycles. The molecule has 2 fully saturated rings. The summed E-state index contributed by atoms with van der Waals surface area (Å²) >= 11 is 1.81. The second-order valence-corrected chi connectivity index (χ2v) is 6.72. The van der Waals surface area contributed by atoms with Crippen molar-refractivity contribution in [2.24, 2.45) is 5.41 Å². The minimum absolute atomic E-state index is 0.152. The van der Waals surface area contributed by atoms with Crippen molar-refractivity contribution in [3.8, 4) is 0 Å². The molecule has 16 heavy (non-hydrogen) atoms. The van der Waals surface area contributed by atoms with E-state index < -0.39 is 5.60 Å². The molecule has 0 aromatic heterocycles. The van der Waals surface area contributed by atoms with Gasteiger partial charge in [-0.2, -0.15) is 11.8 Å². The molecule has 0 atom stereocenters. The highest BCUT2D eigenvalue weighted by Gasteiger charge is 2.39. The van der Waals surface area contributed by atoms with Gasteiger partial charge in [0.2, 0.25) is 0 Å². The summed E-state index contributed by atoms with van der Waals surface area (Å²) in [6.45, 7) is 2.93. The highest BCUT2D eigenvalue weighted by atomic mass is 32.2. The lowest BCUT2D eigenvalue weighted by Crippen LogP contribution is -2.52. The van der Waals surface area contributed by atoms with Gasteiger partial charge < -0.3 is 10.4 Å². The van der Waals surface area contributed by atoms with E-state index in [2.05, 4.69) is 12.2 Å². The van der Waals surface area contributed by atoms with Gasteiger partial charge in [-0.25, -0.2) is 0 Å². The Balaban J connectivity index is 1.82. The number of hydrogen-bond acceptors (Lipinski definition) is 3. The number of carbonyl (C=O) groups is 1. The summed E-state index contributed by atoms with van der Waals surface area (Å²) in [6, 6.07) is 0. The number of rotatable bonds is 3. The fraction of sp³-hybridized carbons (Fsp3) is 0.917. The van der Waals surface area contributed by atoms with Crippen LogP contribution in [0, 0.1) is 5.41 Å². The molecule has 4 heteroatoms. The van der Waals surface area contributed by atoms with E-state index in [4.69, 9.17) is 0 Å². The van der Waals surface area contributed by atoms with Gasteiger partial charge in [-0.3, -0.25) is 4.79 Å². The zero-order valence-electron chi connectivity index (χ0n) is 9.92. The zero-order chi connectivity index (χ0) is 11.6. The van der Waals surface area contributed by atoms with Gasteiger partial charge in [0.25, 0.3) is 5.91 Å². The molecule has 1 heterocycles. The molecule has 0 unspecified atom stereocenters. The van der Waals surface area contributed by atoms with Crippen molar-refractivity contribution >= 4 is 17.7 Å². The normalized spacial score (nSPS) is 26.9. The summed E-state index contributed by atoms with van der Waals surface area (Å²) in [4.78, 5) is 11.9. The molecule has 92 valence electrons. The topological polar surface area (TPSA) is 49.3 Å². The van der Waals surface area contributed by atoms with Crippen molar-refractivity contribution in [3.63, 3.8) is 0 Å². The average Bonchev–Trinajstić information content (AvgIpc) is 2.24. The molecule has 1 amide bonds. The Morgan fingerprint density at radius 3 is 2.44 bits per heavy atom. The van der Waals surface area contributed by atoms with Crippen LogP contribution in [-0.4, -0.2) is 34.7 Å². The molecule has 0 bridgehead atoms. The molecule has 1 aliphatic carbocycles. The average molecular weight is 243 g/mol. The minimum atomic E-state index is -1.09. The fourth-order valence-corrected chi connectivity index (χ4v) is 3.52. The van der Waals surface area contributed by atoms with E-state index in [0.29, 0.717) is 12.8 Å². The van der Waals surface area contributed by atoms with Crippen LogP contribution in [0.1, 0.15) is 39.0 Å². The molecule has 1 aliphatic heterocycles. The highest BCUT2D eigenvalue weighted by molar-refractivity contribution is 7.99. The molecular formula is C12H21NO2S. The Hall–Kier alpha value is -0.220. The third-order valence-corrected chi connectivity index (χ3v) is 4.96. The number of carbonyl (C=O) groups excluding carboxylic acids is 1. The van der Waals surface area contributed by atoms with E-state index in [0.717, 1.165) is 18.1 Å². The number of amides is 1. The molecule has 0 aromatic rings. The van der Waals surface area contributed by atoms with Gasteiger partial charge in [0.15, 0.2) is 0 Å². The van der Waals surface area contributed by atoms with E-state index in [1.54, 1.807) is 0 Å². The van der Waals surface area contributed by atoms with Crippen molar-refractivity contribution in [2.45, 2.75) is 44.6 Å². The Labute approximate surface area is 101 Å². The summed E-state index contributed by atoms with van der Waals surface area (Å²) < 4.78 is 0. The second-order valence-electron chi connectivity index (χ2n) is 5.49. The van der Waals surface area contributed by atoms with Gasteiger partial charge in [-0.05, 0) is 42.6 Å². The van der Waals surface area contributed by atoms with Crippen LogP contribution in [0.15, 0.2) is 0 Å². The number of thioether (sulfide) groups is 1. The predicted molar refractivity (Wildman–Crippen MR) is 66.5 cm³/mol. The monoisotopic (exact) mass is 243 g/mol. The Morgan fingerprint density at radius 2 is 1.94 bits per heavy atom. The molecule has 2 aliphatic rings. The lowest BCUT2D eigenvalue weighted by Gasteiger charge is -2.39. The van der Waals surface area contributed by atoms with Gasteiger partial charge in [0.1, 0.15) is 5.60 Å². The van der Waals surface area contributed by atoms with E-state index in [1.807, 2.05) is 11.8 Å². The molecule has 0 aromatic carbocycles. The Morgan fingerprint density at radius 1 is 1.31 bits per heavy atom. The standard InChI is InChI=1S/C12H21NO2S/c1-11(3-2-4-11)9-13-10(14)12(15)5-7-16-8-6-12/h15H,2-9H2,1H3,(H,13,14). The first-order valence-corrected chi connectivity index (χ1v) is 7.28. The highest BCUT2D eigenvalue weighted by Crippen LogP contribution is 2.39. The van der Waals surface area contributed by atoms with E-state index in [9.17, 15) is 9.90 Å². The predicted octanol–water partition coefficient (Wildman–Crippen LogP) is 1.55. The maximum atomic E-state index is 11.9. The first kappa shape index (κ1) is 12.2. The summed E-state index contributed by atoms with van der Waals surface area (Å²) in [5.74, 6) is 1.63. The second kappa shape index (κ2) is 4.57. The van der Waals surface area contributed by atoms with Crippen LogP contribution in [0.2, 0.25) is 0 Å². The molecule has 3 nitrogen and oxygen atoms in total. The van der Waals surface area contributed by atoms with Crippen molar-refractivity contribution in [1.82, 2.24) is 5.32 Å². The Bertz CT molecular complexity index is 270. The molecule has 2 rings (SSSR count). The van der Waals surface area contributed by atoms with Crippen molar-refractivity contribution < 1.29 is 9.90 Å². The van der Waals surface area contributed by atoms with Gasteiger partial charge in [0.05, 0.1) is 0 Å². The number of nitrogens with one attached hydrogen (secondary N) is 1. The van der Waals surface area contributed by atoms with E-state index in [-0.39, 0.29) is 11.3 Å². The number of hydrogen-bond donors (Lipinski definition) is 2. The lowest BCUT2D eigenvalue weighted by molar-refractivity contribution is -0.141. The van der Waals surface area contributed by atoms with Crippen LogP contribution < -0.4 is 5.32 Å². The van der Waals surface area contributed by atoms with Crippen molar-refractivity contribution in [3.05, 3.63) is 0 Å². The first-order valence-electron chi connectivity index (χ1n) is 6.13. The minimum Gasteiger partial charge on any atom is -0.380 e. The molecule has 1 saturated carbocycles. The van der Waals surface area contributed by atoms with Crippen LogP contribution in [0.4, 0.5) is 0 Å². The molecule has 2 N–H and O–H groups in total. The van der Waals surface area contributed by atoms with Crippen molar-refractivity contribution in [1.29, 1.82) is 0 Å². The summed E-state index contributed by atoms with van der Waals surface area (Å²) in [6.07, 6.45) is 4.86. The van der Waals surface area contributed by atoms with Gasteiger partial charge in [-0.15, -0.1) is 0 Å². The number of aliphatic hydroxyl groups is 1. The fourth-order valence-electron chi connectivity index (χ4n) is 2.35.